The molecule has 1 aromatic heterocycles. The van der Waals surface area contributed by atoms with E-state index in [1.54, 1.807) is 13.0 Å². The standard InChI is InChI=1S/C16H18F3N3O/c1-10(11-5-2-3-6-12(11)16(17,18)19)9-13-21-14(22-23-13)15(20)7-4-8-15/h2-3,5-6,10H,4,7-9,20H2,1H3. The van der Waals surface area contributed by atoms with Crippen LogP contribution in [-0.2, 0) is 18.1 Å². The normalized spacial score (nSPS) is 18.5. The highest BCUT2D eigenvalue weighted by Gasteiger charge is 2.39. The van der Waals surface area contributed by atoms with Crippen LogP contribution in [0.25, 0.3) is 0 Å². The minimum Gasteiger partial charge on any atom is -0.339 e. The number of nitrogens with two attached hydrogens (primary N) is 1. The smallest absolute Gasteiger partial charge is 0.339 e. The molecule has 1 aromatic carbocycles. The molecule has 0 spiro atoms. The lowest BCUT2D eigenvalue weighted by Crippen LogP contribution is -2.44. The molecule has 1 aliphatic carbocycles. The van der Waals surface area contributed by atoms with Crippen LogP contribution in [-0.4, -0.2) is 10.1 Å². The van der Waals surface area contributed by atoms with Crippen molar-refractivity contribution < 1.29 is 17.7 Å². The number of rotatable bonds is 4. The van der Waals surface area contributed by atoms with Crippen molar-refractivity contribution in [3.63, 3.8) is 0 Å². The van der Waals surface area contributed by atoms with Gasteiger partial charge in [0.25, 0.3) is 0 Å². The van der Waals surface area contributed by atoms with Gasteiger partial charge in [0.15, 0.2) is 5.82 Å². The van der Waals surface area contributed by atoms with Gasteiger partial charge in [0, 0.05) is 6.42 Å². The molecule has 4 nitrogen and oxygen atoms in total. The number of halogens is 3. The lowest BCUT2D eigenvalue weighted by atomic mass is 9.77. The Morgan fingerprint density at radius 2 is 2.00 bits per heavy atom. The third-order valence-electron chi connectivity index (χ3n) is 4.44. The zero-order valence-electron chi connectivity index (χ0n) is 12.7. The first-order valence-corrected chi connectivity index (χ1v) is 7.58. The van der Waals surface area contributed by atoms with E-state index in [9.17, 15) is 13.2 Å². The molecule has 0 bridgehead atoms. The van der Waals surface area contributed by atoms with Crippen molar-refractivity contribution in [1.82, 2.24) is 10.1 Å². The molecule has 0 aliphatic heterocycles. The minimum atomic E-state index is -4.38. The predicted molar refractivity (Wildman–Crippen MR) is 77.6 cm³/mol. The van der Waals surface area contributed by atoms with Gasteiger partial charge in [0.05, 0.1) is 11.1 Å². The molecule has 2 N–H and O–H groups in total. The van der Waals surface area contributed by atoms with E-state index >= 15 is 0 Å². The van der Waals surface area contributed by atoms with E-state index in [0.29, 0.717) is 11.7 Å². The van der Waals surface area contributed by atoms with Gasteiger partial charge in [0.1, 0.15) is 0 Å². The summed E-state index contributed by atoms with van der Waals surface area (Å²) in [5.74, 6) is 0.382. The van der Waals surface area contributed by atoms with Gasteiger partial charge in [-0.1, -0.05) is 30.3 Å². The van der Waals surface area contributed by atoms with Crippen LogP contribution in [0, 0.1) is 0 Å². The molecule has 0 saturated heterocycles. The summed E-state index contributed by atoms with van der Waals surface area (Å²) in [5, 5.41) is 3.89. The minimum absolute atomic E-state index is 0.228. The van der Waals surface area contributed by atoms with E-state index in [1.165, 1.54) is 12.1 Å². The molecule has 1 aliphatic rings. The van der Waals surface area contributed by atoms with Gasteiger partial charge in [-0.3, -0.25) is 0 Å². The molecular formula is C16H18F3N3O. The van der Waals surface area contributed by atoms with E-state index in [0.717, 1.165) is 25.3 Å². The Kier molecular flexibility index (Phi) is 3.91. The number of alkyl halides is 3. The van der Waals surface area contributed by atoms with E-state index in [-0.39, 0.29) is 12.0 Å². The first-order valence-electron chi connectivity index (χ1n) is 7.58. The van der Waals surface area contributed by atoms with Crippen molar-refractivity contribution in [2.24, 2.45) is 5.73 Å². The molecule has 1 heterocycles. The second kappa shape index (κ2) is 5.63. The fourth-order valence-corrected chi connectivity index (χ4v) is 2.88. The maximum atomic E-state index is 13.1. The topological polar surface area (TPSA) is 64.9 Å². The SMILES string of the molecule is CC(Cc1nc(C2(N)CCC2)no1)c1ccccc1C(F)(F)F. The number of hydrogen-bond donors (Lipinski definition) is 1. The number of benzene rings is 1. The summed E-state index contributed by atoms with van der Waals surface area (Å²) in [6.45, 7) is 1.72. The molecular weight excluding hydrogens is 307 g/mol. The Labute approximate surface area is 131 Å². The zero-order chi connectivity index (χ0) is 16.7. The quantitative estimate of drug-likeness (QED) is 0.929. The molecule has 124 valence electrons. The third-order valence-corrected chi connectivity index (χ3v) is 4.44. The summed E-state index contributed by atoms with van der Waals surface area (Å²) in [6.07, 6.45) is -1.50. The monoisotopic (exact) mass is 325 g/mol. The number of hydrogen-bond acceptors (Lipinski definition) is 4. The second-order valence-electron chi connectivity index (χ2n) is 6.21. The van der Waals surface area contributed by atoms with Crippen LogP contribution < -0.4 is 5.73 Å². The van der Waals surface area contributed by atoms with Gasteiger partial charge in [-0.2, -0.15) is 18.2 Å². The van der Waals surface area contributed by atoms with Crippen LogP contribution in [0.3, 0.4) is 0 Å². The second-order valence-corrected chi connectivity index (χ2v) is 6.21. The molecule has 3 rings (SSSR count). The zero-order valence-corrected chi connectivity index (χ0v) is 12.7. The maximum Gasteiger partial charge on any atom is 0.416 e. The maximum absolute atomic E-state index is 13.1. The van der Waals surface area contributed by atoms with Gasteiger partial charge in [-0.05, 0) is 36.8 Å². The lowest BCUT2D eigenvalue weighted by molar-refractivity contribution is -0.138. The van der Waals surface area contributed by atoms with Crippen LogP contribution in [0.4, 0.5) is 13.2 Å². The largest absolute Gasteiger partial charge is 0.416 e. The van der Waals surface area contributed by atoms with Crippen LogP contribution in [0.2, 0.25) is 0 Å². The fraction of sp³-hybridized carbons (Fsp3) is 0.500. The molecule has 23 heavy (non-hydrogen) atoms. The van der Waals surface area contributed by atoms with Crippen LogP contribution in [0.1, 0.15) is 54.9 Å². The van der Waals surface area contributed by atoms with E-state index < -0.39 is 23.2 Å². The Bertz CT molecular complexity index is 692. The van der Waals surface area contributed by atoms with E-state index in [4.69, 9.17) is 10.3 Å². The number of nitrogens with zero attached hydrogens (tertiary/aromatic N) is 2. The average Bonchev–Trinajstić information content (AvgIpc) is 2.92. The van der Waals surface area contributed by atoms with Gasteiger partial charge in [-0.25, -0.2) is 0 Å². The van der Waals surface area contributed by atoms with Crippen molar-refractivity contribution in [1.29, 1.82) is 0 Å². The van der Waals surface area contributed by atoms with E-state index in [1.807, 2.05) is 0 Å². The third kappa shape index (κ3) is 3.10. The van der Waals surface area contributed by atoms with Gasteiger partial charge in [-0.15, -0.1) is 0 Å². The van der Waals surface area contributed by atoms with Crippen molar-refractivity contribution >= 4 is 0 Å². The highest BCUT2D eigenvalue weighted by Crippen LogP contribution is 2.38. The van der Waals surface area contributed by atoms with Crippen molar-refractivity contribution in [2.75, 3.05) is 0 Å². The summed E-state index contributed by atoms with van der Waals surface area (Å²) in [6, 6.07) is 5.57. The lowest BCUT2D eigenvalue weighted by Gasteiger charge is -2.34. The highest BCUT2D eigenvalue weighted by atomic mass is 19.4. The first kappa shape index (κ1) is 16.0. The summed E-state index contributed by atoms with van der Waals surface area (Å²) in [4.78, 5) is 4.28. The Balaban J connectivity index is 1.79. The summed E-state index contributed by atoms with van der Waals surface area (Å²) in [5.41, 5.74) is 5.20. The average molecular weight is 325 g/mol. The molecule has 1 unspecified atom stereocenters. The predicted octanol–water partition coefficient (Wildman–Crippen LogP) is 3.77. The van der Waals surface area contributed by atoms with Crippen LogP contribution >= 0.6 is 0 Å². The van der Waals surface area contributed by atoms with Crippen LogP contribution in [0.5, 0.6) is 0 Å². The molecule has 1 fully saturated rings. The molecule has 2 aromatic rings. The van der Waals surface area contributed by atoms with Crippen LogP contribution in [0.15, 0.2) is 28.8 Å². The number of aromatic nitrogens is 2. The first-order chi connectivity index (χ1) is 10.8. The van der Waals surface area contributed by atoms with Crippen molar-refractivity contribution in [3.8, 4) is 0 Å². The van der Waals surface area contributed by atoms with Gasteiger partial charge < -0.3 is 10.3 Å². The Morgan fingerprint density at radius 1 is 1.30 bits per heavy atom. The highest BCUT2D eigenvalue weighted by molar-refractivity contribution is 5.32. The molecule has 0 amide bonds. The fourth-order valence-electron chi connectivity index (χ4n) is 2.88. The molecule has 1 atom stereocenters. The Hall–Kier alpha value is -1.89. The molecule has 0 radical (unpaired) electrons. The molecule has 1 saturated carbocycles. The molecule has 7 heteroatoms. The summed E-state index contributed by atoms with van der Waals surface area (Å²) >= 11 is 0. The van der Waals surface area contributed by atoms with E-state index in [2.05, 4.69) is 10.1 Å². The Morgan fingerprint density at radius 3 is 2.61 bits per heavy atom. The summed E-state index contributed by atoms with van der Waals surface area (Å²) in [7, 11) is 0. The van der Waals surface area contributed by atoms with Gasteiger partial charge in [0.2, 0.25) is 5.89 Å². The van der Waals surface area contributed by atoms with Crippen molar-refractivity contribution in [2.45, 2.75) is 50.2 Å². The van der Waals surface area contributed by atoms with Gasteiger partial charge >= 0.3 is 6.18 Å². The van der Waals surface area contributed by atoms with Crippen molar-refractivity contribution in [3.05, 3.63) is 47.1 Å². The summed E-state index contributed by atoms with van der Waals surface area (Å²) < 4.78 is 44.5.